The number of benzene rings is 1. The minimum absolute atomic E-state index is 0.145. The van der Waals surface area contributed by atoms with Gasteiger partial charge in [-0.2, -0.15) is 0 Å². The monoisotopic (exact) mass is 549 g/mol. The number of halogens is 2. The molecule has 6 nitrogen and oxygen atoms in total. The average Bonchev–Trinajstić information content (AvgIpc) is 3.55. The molecule has 0 radical (unpaired) electrons. The molecule has 5 rings (SSSR count). The Morgan fingerprint density at radius 1 is 1.15 bits per heavy atom. The summed E-state index contributed by atoms with van der Waals surface area (Å²) in [4.78, 5) is 18.6. The van der Waals surface area contributed by atoms with Crippen molar-refractivity contribution in [2.45, 2.75) is 44.3 Å². The normalized spacial score (nSPS) is 13.1. The number of thiophene rings is 1. The van der Waals surface area contributed by atoms with Crippen molar-refractivity contribution in [3.8, 4) is 22.6 Å². The van der Waals surface area contributed by atoms with E-state index in [9.17, 15) is 4.79 Å². The van der Waals surface area contributed by atoms with Crippen LogP contribution in [-0.2, 0) is 24.2 Å². The third-order valence-electron chi connectivity index (χ3n) is 5.63. The number of aryl methyl sites for hydroxylation is 1. The second kappa shape index (κ2) is 10.4. The van der Waals surface area contributed by atoms with E-state index < -0.39 is 0 Å². The van der Waals surface area contributed by atoms with Crippen LogP contribution in [0.15, 0.2) is 34.1 Å². The van der Waals surface area contributed by atoms with Crippen molar-refractivity contribution in [3.05, 3.63) is 49.4 Å². The van der Waals surface area contributed by atoms with Gasteiger partial charge in [-0.3, -0.25) is 4.79 Å². The number of carbonyl (C=O) groups is 1. The molecule has 3 aromatic heterocycles. The number of hydrogen-bond acceptors (Lipinski definition) is 7. The summed E-state index contributed by atoms with van der Waals surface area (Å²) >= 11 is 16.8. The molecule has 176 valence electrons. The van der Waals surface area contributed by atoms with E-state index in [1.807, 2.05) is 22.8 Å². The topological polar surface area (TPSA) is 72.7 Å². The molecule has 0 saturated heterocycles. The van der Waals surface area contributed by atoms with Gasteiger partial charge in [-0.05, 0) is 56.4 Å². The number of aromatic nitrogens is 4. The first-order chi connectivity index (χ1) is 16.5. The Labute approximate surface area is 219 Å². The fourth-order valence-electron chi connectivity index (χ4n) is 4.00. The molecule has 4 aromatic rings. The maximum absolute atomic E-state index is 12.6. The number of nitrogens with one attached hydrogen (secondary N) is 1. The lowest BCUT2D eigenvalue weighted by Gasteiger charge is -2.13. The molecule has 1 amide bonds. The fourth-order valence-corrected chi connectivity index (χ4v) is 7.16. The highest BCUT2D eigenvalue weighted by Gasteiger charge is 2.22. The highest BCUT2D eigenvalue weighted by molar-refractivity contribution is 7.99. The Kier molecular flexibility index (Phi) is 7.27. The predicted molar refractivity (Wildman–Crippen MR) is 143 cm³/mol. The molecule has 0 unspecified atom stereocenters. The van der Waals surface area contributed by atoms with Crippen LogP contribution < -0.4 is 5.32 Å². The van der Waals surface area contributed by atoms with Crippen molar-refractivity contribution in [2.75, 3.05) is 11.1 Å². The van der Waals surface area contributed by atoms with Crippen LogP contribution in [0.3, 0.4) is 0 Å². The summed E-state index contributed by atoms with van der Waals surface area (Å²) in [6.07, 6.45) is 4.75. The Hall–Kier alpha value is -1.91. The second-order valence-corrected chi connectivity index (χ2v) is 11.4. The maximum atomic E-state index is 12.6. The van der Waals surface area contributed by atoms with Gasteiger partial charge in [0.15, 0.2) is 16.1 Å². The highest BCUT2D eigenvalue weighted by atomic mass is 35.5. The standard InChI is InChI=1S/C23H21Cl2N5OS3/c1-2-30-21(16-10-32-19-6-4-3-5-14(16)19)28-29-23(30)34-12-20(31)27-22-26-18(11-33-22)15-8-7-13(24)9-17(15)25/h7-11H,2-6,12H2,1H3,(H,26,27,31). The van der Waals surface area contributed by atoms with Gasteiger partial charge < -0.3 is 9.88 Å². The van der Waals surface area contributed by atoms with E-state index in [0.29, 0.717) is 20.9 Å². The number of anilines is 1. The summed E-state index contributed by atoms with van der Waals surface area (Å²) in [7, 11) is 0. The maximum Gasteiger partial charge on any atom is 0.236 e. The van der Waals surface area contributed by atoms with E-state index >= 15 is 0 Å². The van der Waals surface area contributed by atoms with E-state index in [2.05, 4.69) is 37.4 Å². The Morgan fingerprint density at radius 2 is 2.00 bits per heavy atom. The minimum atomic E-state index is -0.145. The zero-order valence-corrected chi connectivity index (χ0v) is 22.3. The van der Waals surface area contributed by atoms with Gasteiger partial charge in [0.1, 0.15) is 0 Å². The number of thioether (sulfide) groups is 1. The van der Waals surface area contributed by atoms with Crippen LogP contribution >= 0.6 is 57.6 Å². The number of amides is 1. The molecule has 0 saturated carbocycles. The van der Waals surface area contributed by atoms with Gasteiger partial charge in [-0.1, -0.05) is 35.0 Å². The molecule has 3 heterocycles. The first-order valence-corrected chi connectivity index (χ1v) is 14.4. The van der Waals surface area contributed by atoms with E-state index in [0.717, 1.165) is 35.9 Å². The van der Waals surface area contributed by atoms with Crippen LogP contribution in [0.5, 0.6) is 0 Å². The van der Waals surface area contributed by atoms with Crippen LogP contribution in [-0.4, -0.2) is 31.4 Å². The van der Waals surface area contributed by atoms with E-state index in [1.165, 1.54) is 51.9 Å². The smallest absolute Gasteiger partial charge is 0.236 e. The quantitative estimate of drug-likeness (QED) is 0.249. The summed E-state index contributed by atoms with van der Waals surface area (Å²) in [6, 6.07) is 5.26. The zero-order chi connectivity index (χ0) is 23.7. The van der Waals surface area contributed by atoms with Crippen molar-refractivity contribution in [3.63, 3.8) is 0 Å². The van der Waals surface area contributed by atoms with Crippen molar-refractivity contribution in [1.29, 1.82) is 0 Å². The molecule has 11 heteroatoms. The minimum Gasteiger partial charge on any atom is -0.302 e. The molecule has 1 aromatic carbocycles. The largest absolute Gasteiger partial charge is 0.302 e. The molecular weight excluding hydrogens is 529 g/mol. The lowest BCUT2D eigenvalue weighted by atomic mass is 9.96. The Bertz CT molecular complexity index is 1350. The van der Waals surface area contributed by atoms with Gasteiger partial charge >= 0.3 is 0 Å². The first kappa shape index (κ1) is 23.8. The summed E-state index contributed by atoms with van der Waals surface area (Å²) < 4.78 is 2.10. The van der Waals surface area contributed by atoms with Gasteiger partial charge in [0, 0.05) is 38.3 Å². The highest BCUT2D eigenvalue weighted by Crippen LogP contribution is 2.37. The first-order valence-electron chi connectivity index (χ1n) is 10.9. The third-order valence-corrected chi connectivity index (χ3v) is 8.99. The van der Waals surface area contributed by atoms with Gasteiger partial charge in [-0.15, -0.1) is 32.9 Å². The fraction of sp³-hybridized carbons (Fsp3) is 0.304. The number of fused-ring (bicyclic) bond motifs is 1. The summed E-state index contributed by atoms with van der Waals surface area (Å²) in [5, 5.41) is 18.2. The summed E-state index contributed by atoms with van der Waals surface area (Å²) in [6.45, 7) is 2.82. The van der Waals surface area contributed by atoms with Crippen molar-refractivity contribution >= 4 is 68.7 Å². The lowest BCUT2D eigenvalue weighted by molar-refractivity contribution is -0.113. The Balaban J connectivity index is 1.25. The molecule has 1 aliphatic rings. The molecular formula is C23H21Cl2N5OS3. The number of carbonyl (C=O) groups excluding carboxylic acids is 1. The van der Waals surface area contributed by atoms with Gasteiger partial charge in [0.05, 0.1) is 16.5 Å². The van der Waals surface area contributed by atoms with Crippen LogP contribution in [0.1, 0.15) is 30.2 Å². The lowest BCUT2D eigenvalue weighted by Crippen LogP contribution is -2.14. The van der Waals surface area contributed by atoms with E-state index in [1.54, 1.807) is 12.1 Å². The molecule has 0 fully saturated rings. The number of hydrogen-bond donors (Lipinski definition) is 1. The van der Waals surface area contributed by atoms with Crippen molar-refractivity contribution in [2.24, 2.45) is 0 Å². The van der Waals surface area contributed by atoms with Crippen LogP contribution in [0.2, 0.25) is 10.0 Å². The zero-order valence-electron chi connectivity index (χ0n) is 18.3. The molecule has 1 N–H and O–H groups in total. The van der Waals surface area contributed by atoms with Crippen LogP contribution in [0, 0.1) is 0 Å². The number of nitrogens with zero attached hydrogens (tertiary/aromatic N) is 4. The second-order valence-electron chi connectivity index (χ2n) is 7.81. The van der Waals surface area contributed by atoms with Crippen molar-refractivity contribution < 1.29 is 4.79 Å². The van der Waals surface area contributed by atoms with Gasteiger partial charge in [0.25, 0.3) is 0 Å². The predicted octanol–water partition coefficient (Wildman–Crippen LogP) is 7.07. The summed E-state index contributed by atoms with van der Waals surface area (Å²) in [5.74, 6) is 0.971. The molecule has 1 aliphatic carbocycles. The van der Waals surface area contributed by atoms with Crippen molar-refractivity contribution in [1.82, 2.24) is 19.7 Å². The SMILES string of the molecule is CCn1c(SCC(=O)Nc2nc(-c3ccc(Cl)cc3Cl)cs2)nnc1-c1csc2c1CCCC2. The number of rotatable bonds is 7. The molecule has 0 atom stereocenters. The van der Waals surface area contributed by atoms with Crippen LogP contribution in [0.25, 0.3) is 22.6 Å². The van der Waals surface area contributed by atoms with E-state index in [4.69, 9.17) is 23.2 Å². The number of thiazole rings is 1. The van der Waals surface area contributed by atoms with E-state index in [-0.39, 0.29) is 11.7 Å². The van der Waals surface area contributed by atoms with Gasteiger partial charge in [-0.25, -0.2) is 4.98 Å². The molecule has 34 heavy (non-hydrogen) atoms. The average molecular weight is 551 g/mol. The molecule has 0 bridgehead atoms. The Morgan fingerprint density at radius 3 is 2.82 bits per heavy atom. The third kappa shape index (κ3) is 4.90. The molecule has 0 spiro atoms. The summed E-state index contributed by atoms with van der Waals surface area (Å²) in [5.41, 5.74) is 4.09. The molecule has 0 aliphatic heterocycles. The van der Waals surface area contributed by atoms with Crippen LogP contribution in [0.4, 0.5) is 5.13 Å². The van der Waals surface area contributed by atoms with Gasteiger partial charge in [0.2, 0.25) is 5.91 Å².